The van der Waals surface area contributed by atoms with Crippen molar-refractivity contribution in [2.75, 3.05) is 26.7 Å². The van der Waals surface area contributed by atoms with Gasteiger partial charge in [0.15, 0.2) is 0 Å². The van der Waals surface area contributed by atoms with Gasteiger partial charge in [0.05, 0.1) is 5.56 Å². The zero-order valence-electron chi connectivity index (χ0n) is 13.7. The van der Waals surface area contributed by atoms with E-state index in [1.807, 2.05) is 4.90 Å². The van der Waals surface area contributed by atoms with Crippen LogP contribution in [0.2, 0.25) is 0 Å². The van der Waals surface area contributed by atoms with E-state index in [-0.39, 0.29) is 17.5 Å². The fourth-order valence-electron chi connectivity index (χ4n) is 2.88. The molecule has 23 heavy (non-hydrogen) atoms. The number of carboxylic acid groups (broad SMARTS) is 1. The summed E-state index contributed by atoms with van der Waals surface area (Å²) >= 11 is 0. The molecule has 1 aromatic carbocycles. The van der Waals surface area contributed by atoms with Gasteiger partial charge in [-0.2, -0.15) is 0 Å². The van der Waals surface area contributed by atoms with Crippen molar-refractivity contribution < 1.29 is 14.7 Å². The average molecular weight is 316 g/mol. The number of carbonyl (C=O) groups excluding carboxylic acids is 1. The first-order valence-corrected chi connectivity index (χ1v) is 8.02. The van der Waals surface area contributed by atoms with Crippen LogP contribution in [0, 0.1) is 0 Å². The number of carboxylic acids is 1. The van der Waals surface area contributed by atoms with E-state index in [1.54, 1.807) is 36.4 Å². The highest BCUT2D eigenvalue weighted by Crippen LogP contribution is 2.13. The SMILES string of the molecule is CCC1CN(C)CCCN1C(=O)/C=C/c1ccc(C(=O)O)cc1. The van der Waals surface area contributed by atoms with E-state index in [0.717, 1.165) is 38.0 Å². The molecule has 1 amide bonds. The summed E-state index contributed by atoms with van der Waals surface area (Å²) in [5.74, 6) is -0.925. The van der Waals surface area contributed by atoms with Crippen molar-refractivity contribution in [3.05, 3.63) is 41.5 Å². The lowest BCUT2D eigenvalue weighted by Gasteiger charge is -2.29. The lowest BCUT2D eigenvalue weighted by molar-refractivity contribution is -0.128. The Balaban J connectivity index is 2.05. The number of hydrogen-bond donors (Lipinski definition) is 1. The van der Waals surface area contributed by atoms with Crippen LogP contribution in [-0.4, -0.2) is 59.5 Å². The maximum atomic E-state index is 12.5. The van der Waals surface area contributed by atoms with Gasteiger partial charge in [0, 0.05) is 25.2 Å². The Morgan fingerprint density at radius 1 is 1.26 bits per heavy atom. The monoisotopic (exact) mass is 316 g/mol. The van der Waals surface area contributed by atoms with Gasteiger partial charge in [-0.1, -0.05) is 19.1 Å². The van der Waals surface area contributed by atoms with Crippen molar-refractivity contribution in [3.8, 4) is 0 Å². The van der Waals surface area contributed by atoms with Gasteiger partial charge in [0.2, 0.25) is 5.91 Å². The first kappa shape index (κ1) is 17.2. The quantitative estimate of drug-likeness (QED) is 0.866. The third-order valence-electron chi connectivity index (χ3n) is 4.23. The second-order valence-electron chi connectivity index (χ2n) is 5.97. The van der Waals surface area contributed by atoms with Gasteiger partial charge in [-0.3, -0.25) is 4.79 Å². The van der Waals surface area contributed by atoms with Crippen molar-refractivity contribution >= 4 is 18.0 Å². The molecule has 0 bridgehead atoms. The Morgan fingerprint density at radius 3 is 2.57 bits per heavy atom. The molecule has 1 heterocycles. The molecule has 0 aliphatic carbocycles. The number of rotatable bonds is 4. The summed E-state index contributed by atoms with van der Waals surface area (Å²) in [7, 11) is 2.09. The minimum Gasteiger partial charge on any atom is -0.478 e. The van der Waals surface area contributed by atoms with Crippen molar-refractivity contribution in [3.63, 3.8) is 0 Å². The van der Waals surface area contributed by atoms with Crippen LogP contribution in [0.1, 0.15) is 35.7 Å². The molecule has 1 N–H and O–H groups in total. The Morgan fingerprint density at radius 2 is 1.96 bits per heavy atom. The normalized spacial score (nSPS) is 19.7. The van der Waals surface area contributed by atoms with Gasteiger partial charge < -0.3 is 14.9 Å². The predicted octanol–water partition coefficient (Wildman–Crippen LogP) is 2.34. The van der Waals surface area contributed by atoms with Crippen LogP contribution in [0.5, 0.6) is 0 Å². The average Bonchev–Trinajstić information content (AvgIpc) is 2.74. The van der Waals surface area contributed by atoms with Crippen molar-refractivity contribution in [1.29, 1.82) is 0 Å². The van der Waals surface area contributed by atoms with Crippen LogP contribution < -0.4 is 0 Å². The summed E-state index contributed by atoms with van der Waals surface area (Å²) in [4.78, 5) is 27.6. The number of likely N-dealkylation sites (N-methyl/N-ethyl adjacent to an activating group) is 1. The van der Waals surface area contributed by atoms with E-state index in [0.29, 0.717) is 0 Å². The van der Waals surface area contributed by atoms with E-state index < -0.39 is 5.97 Å². The molecule has 1 aromatic rings. The molecule has 1 aliphatic heterocycles. The third-order valence-corrected chi connectivity index (χ3v) is 4.23. The minimum atomic E-state index is -0.948. The highest BCUT2D eigenvalue weighted by atomic mass is 16.4. The molecule has 1 fully saturated rings. The molecule has 0 radical (unpaired) electrons. The Labute approximate surface area is 137 Å². The molecule has 0 saturated carbocycles. The second kappa shape index (κ2) is 7.92. The van der Waals surface area contributed by atoms with E-state index >= 15 is 0 Å². The van der Waals surface area contributed by atoms with Gasteiger partial charge in [0.1, 0.15) is 0 Å². The number of amides is 1. The predicted molar refractivity (Wildman–Crippen MR) is 90.3 cm³/mol. The first-order chi connectivity index (χ1) is 11.0. The van der Waals surface area contributed by atoms with Gasteiger partial charge in [-0.05, 0) is 50.2 Å². The largest absolute Gasteiger partial charge is 0.478 e. The van der Waals surface area contributed by atoms with Gasteiger partial charge in [0.25, 0.3) is 0 Å². The molecule has 1 aliphatic rings. The van der Waals surface area contributed by atoms with E-state index in [4.69, 9.17) is 5.11 Å². The standard InChI is InChI=1S/C18H24N2O3/c1-3-16-13-19(2)11-4-12-20(16)17(21)10-7-14-5-8-15(9-6-14)18(22)23/h5-10,16H,3-4,11-13H2,1-2H3,(H,22,23)/b10-7+. The number of nitrogens with zero attached hydrogens (tertiary/aromatic N) is 2. The molecule has 1 atom stereocenters. The molecule has 1 saturated heterocycles. The summed E-state index contributed by atoms with van der Waals surface area (Å²) in [6, 6.07) is 6.75. The Kier molecular flexibility index (Phi) is 5.93. The molecule has 5 nitrogen and oxygen atoms in total. The minimum absolute atomic E-state index is 0.0226. The maximum absolute atomic E-state index is 12.5. The summed E-state index contributed by atoms with van der Waals surface area (Å²) in [5, 5.41) is 8.89. The smallest absolute Gasteiger partial charge is 0.335 e. The molecule has 1 unspecified atom stereocenters. The highest BCUT2D eigenvalue weighted by Gasteiger charge is 2.24. The van der Waals surface area contributed by atoms with Crippen molar-refractivity contribution in [2.24, 2.45) is 0 Å². The van der Waals surface area contributed by atoms with Crippen LogP contribution in [0.4, 0.5) is 0 Å². The maximum Gasteiger partial charge on any atom is 0.335 e. The van der Waals surface area contributed by atoms with Gasteiger partial charge in [-0.15, -0.1) is 0 Å². The lowest BCUT2D eigenvalue weighted by atomic mass is 10.1. The van der Waals surface area contributed by atoms with Gasteiger partial charge in [-0.25, -0.2) is 4.79 Å². The van der Waals surface area contributed by atoms with Crippen molar-refractivity contribution in [2.45, 2.75) is 25.8 Å². The number of benzene rings is 1. The topological polar surface area (TPSA) is 60.9 Å². The number of carbonyl (C=O) groups is 2. The lowest BCUT2D eigenvalue weighted by Crippen LogP contribution is -2.42. The van der Waals surface area contributed by atoms with Crippen LogP contribution in [-0.2, 0) is 4.79 Å². The summed E-state index contributed by atoms with van der Waals surface area (Å²) < 4.78 is 0. The van der Waals surface area contributed by atoms with E-state index in [9.17, 15) is 9.59 Å². The molecular weight excluding hydrogens is 292 g/mol. The van der Waals surface area contributed by atoms with E-state index in [2.05, 4.69) is 18.9 Å². The molecule has 2 rings (SSSR count). The fourth-order valence-corrected chi connectivity index (χ4v) is 2.88. The molecule has 124 valence electrons. The van der Waals surface area contributed by atoms with Crippen LogP contribution in [0.3, 0.4) is 0 Å². The summed E-state index contributed by atoms with van der Waals surface area (Å²) in [6.45, 7) is 4.81. The summed E-state index contributed by atoms with van der Waals surface area (Å²) in [5.41, 5.74) is 1.07. The molecule has 0 aromatic heterocycles. The molecular formula is C18H24N2O3. The zero-order chi connectivity index (χ0) is 16.8. The summed E-state index contributed by atoms with van der Waals surface area (Å²) in [6.07, 6.45) is 5.26. The Hall–Kier alpha value is -2.14. The Bertz CT molecular complexity index is 580. The van der Waals surface area contributed by atoms with Crippen LogP contribution >= 0.6 is 0 Å². The fraction of sp³-hybridized carbons (Fsp3) is 0.444. The second-order valence-corrected chi connectivity index (χ2v) is 5.97. The van der Waals surface area contributed by atoms with Gasteiger partial charge >= 0.3 is 5.97 Å². The van der Waals surface area contributed by atoms with Crippen molar-refractivity contribution in [1.82, 2.24) is 9.80 Å². The zero-order valence-corrected chi connectivity index (χ0v) is 13.7. The van der Waals surface area contributed by atoms with Crippen LogP contribution in [0.25, 0.3) is 6.08 Å². The highest BCUT2D eigenvalue weighted by molar-refractivity contribution is 5.92. The number of hydrogen-bond acceptors (Lipinski definition) is 3. The first-order valence-electron chi connectivity index (χ1n) is 8.02. The number of aromatic carboxylic acids is 1. The third kappa shape index (κ3) is 4.66. The molecule has 0 spiro atoms. The van der Waals surface area contributed by atoms with E-state index in [1.165, 1.54) is 0 Å². The molecule has 5 heteroatoms. The van der Waals surface area contributed by atoms with Crippen LogP contribution in [0.15, 0.2) is 30.3 Å².